The van der Waals surface area contributed by atoms with Gasteiger partial charge in [-0.15, -0.1) is 22.7 Å². The van der Waals surface area contributed by atoms with Crippen LogP contribution in [0.5, 0.6) is 0 Å². The number of aromatic nitrogens is 3. The number of nitrogens with zero attached hydrogens (tertiary/aromatic N) is 2. The molecule has 0 spiro atoms. The van der Waals surface area contributed by atoms with Gasteiger partial charge in [-0.25, -0.2) is 9.97 Å². The van der Waals surface area contributed by atoms with Crippen molar-refractivity contribution in [3.8, 4) is 0 Å². The van der Waals surface area contributed by atoms with E-state index in [0.717, 1.165) is 26.0 Å². The maximum absolute atomic E-state index is 4.47. The van der Waals surface area contributed by atoms with Gasteiger partial charge >= 0.3 is 0 Å². The van der Waals surface area contributed by atoms with Gasteiger partial charge in [-0.3, -0.25) is 0 Å². The zero-order valence-corrected chi connectivity index (χ0v) is 8.84. The molecule has 0 aliphatic heterocycles. The van der Waals surface area contributed by atoms with Crippen LogP contribution in [0.3, 0.4) is 0 Å². The SMILES string of the molecule is Cc1nc2c([nH]c3nc(C)sc32)s1. The van der Waals surface area contributed by atoms with Crippen molar-refractivity contribution in [3.63, 3.8) is 0 Å². The summed E-state index contributed by atoms with van der Waals surface area (Å²) in [6.07, 6.45) is 0. The van der Waals surface area contributed by atoms with Crippen molar-refractivity contribution >= 4 is 43.4 Å². The molecule has 0 unspecified atom stereocenters. The summed E-state index contributed by atoms with van der Waals surface area (Å²) in [6.45, 7) is 4.04. The van der Waals surface area contributed by atoms with E-state index >= 15 is 0 Å². The van der Waals surface area contributed by atoms with Crippen LogP contribution in [-0.4, -0.2) is 15.0 Å². The third-order valence-corrected chi connectivity index (χ3v) is 3.78. The number of nitrogens with one attached hydrogen (secondary N) is 1. The second kappa shape index (κ2) is 2.30. The molecule has 0 saturated carbocycles. The van der Waals surface area contributed by atoms with Gasteiger partial charge in [-0.1, -0.05) is 0 Å². The minimum absolute atomic E-state index is 0.983. The molecule has 3 aromatic rings. The van der Waals surface area contributed by atoms with Crippen LogP contribution in [0.15, 0.2) is 0 Å². The lowest BCUT2D eigenvalue weighted by Crippen LogP contribution is -1.67. The summed E-state index contributed by atoms with van der Waals surface area (Å²) in [7, 11) is 0. The Morgan fingerprint density at radius 3 is 2.69 bits per heavy atom. The Hall–Kier alpha value is -0.940. The van der Waals surface area contributed by atoms with Crippen LogP contribution in [0, 0.1) is 13.8 Å². The summed E-state index contributed by atoms with van der Waals surface area (Å²) in [5.41, 5.74) is 2.07. The van der Waals surface area contributed by atoms with Gasteiger partial charge in [0.15, 0.2) is 5.65 Å². The molecular formula is C8H7N3S2. The van der Waals surface area contributed by atoms with E-state index in [1.54, 1.807) is 22.7 Å². The predicted octanol–water partition coefficient (Wildman–Crippen LogP) is 2.85. The van der Waals surface area contributed by atoms with Crippen molar-refractivity contribution in [2.75, 3.05) is 0 Å². The molecule has 0 aromatic carbocycles. The van der Waals surface area contributed by atoms with E-state index in [9.17, 15) is 0 Å². The molecule has 0 aliphatic rings. The molecule has 0 bridgehead atoms. The summed E-state index contributed by atoms with van der Waals surface area (Å²) in [5.74, 6) is 0. The van der Waals surface area contributed by atoms with Crippen LogP contribution in [-0.2, 0) is 0 Å². The molecule has 13 heavy (non-hydrogen) atoms. The summed E-state index contributed by atoms with van der Waals surface area (Å²) < 4.78 is 1.19. The molecule has 1 N–H and O–H groups in total. The molecule has 3 heterocycles. The number of fused-ring (bicyclic) bond motifs is 3. The molecular weight excluding hydrogens is 202 g/mol. The molecule has 3 rings (SSSR count). The van der Waals surface area contributed by atoms with Crippen molar-refractivity contribution < 1.29 is 0 Å². The fraction of sp³-hybridized carbons (Fsp3) is 0.250. The van der Waals surface area contributed by atoms with Crippen LogP contribution >= 0.6 is 22.7 Å². The maximum atomic E-state index is 4.47. The minimum Gasteiger partial charge on any atom is -0.329 e. The first-order valence-corrected chi connectivity index (χ1v) is 5.59. The highest BCUT2D eigenvalue weighted by Gasteiger charge is 2.11. The summed E-state index contributed by atoms with van der Waals surface area (Å²) in [5, 5.41) is 2.20. The Morgan fingerprint density at radius 2 is 1.85 bits per heavy atom. The third-order valence-electron chi connectivity index (χ3n) is 1.92. The maximum Gasteiger partial charge on any atom is 0.152 e. The number of hydrogen-bond donors (Lipinski definition) is 1. The number of aryl methyl sites for hydroxylation is 2. The number of H-pyrrole nitrogens is 1. The zero-order valence-electron chi connectivity index (χ0n) is 7.21. The molecule has 0 radical (unpaired) electrons. The monoisotopic (exact) mass is 209 g/mol. The van der Waals surface area contributed by atoms with Gasteiger partial charge in [0.25, 0.3) is 0 Å². The molecule has 0 fully saturated rings. The molecule has 5 heteroatoms. The lowest BCUT2D eigenvalue weighted by molar-refractivity contribution is 1.31. The number of hydrogen-bond acceptors (Lipinski definition) is 4. The smallest absolute Gasteiger partial charge is 0.152 e. The van der Waals surface area contributed by atoms with Gasteiger partial charge in [-0.05, 0) is 13.8 Å². The van der Waals surface area contributed by atoms with Gasteiger partial charge in [0.1, 0.15) is 15.0 Å². The van der Waals surface area contributed by atoms with E-state index in [2.05, 4.69) is 15.0 Å². The highest BCUT2D eigenvalue weighted by molar-refractivity contribution is 7.22. The Bertz CT molecular complexity index is 536. The number of aromatic amines is 1. The molecule has 0 amide bonds. The van der Waals surface area contributed by atoms with Crippen LogP contribution < -0.4 is 0 Å². The fourth-order valence-electron chi connectivity index (χ4n) is 1.45. The topological polar surface area (TPSA) is 41.6 Å². The zero-order chi connectivity index (χ0) is 9.00. The first kappa shape index (κ1) is 7.46. The van der Waals surface area contributed by atoms with Crippen molar-refractivity contribution in [1.29, 1.82) is 0 Å². The standard InChI is InChI=1S/C8H7N3S2/c1-3-9-5-6-7(10-4(2)12-6)11-8(5)13-3/h11H,1-2H3. The van der Waals surface area contributed by atoms with E-state index < -0.39 is 0 Å². The predicted molar refractivity (Wildman–Crippen MR) is 56.6 cm³/mol. The average Bonchev–Trinajstić information content (AvgIpc) is 2.60. The molecule has 0 atom stereocenters. The van der Waals surface area contributed by atoms with Crippen LogP contribution in [0.4, 0.5) is 0 Å². The normalized spacial score (nSPS) is 11.8. The second-order valence-corrected chi connectivity index (χ2v) is 5.35. The van der Waals surface area contributed by atoms with Crippen LogP contribution in [0.25, 0.3) is 20.7 Å². The van der Waals surface area contributed by atoms with E-state index in [1.807, 2.05) is 13.8 Å². The van der Waals surface area contributed by atoms with Crippen LogP contribution in [0.1, 0.15) is 10.0 Å². The quantitative estimate of drug-likeness (QED) is 0.618. The molecule has 0 saturated heterocycles. The largest absolute Gasteiger partial charge is 0.329 e. The van der Waals surface area contributed by atoms with Gasteiger partial charge in [0, 0.05) is 0 Å². The van der Waals surface area contributed by atoms with Gasteiger partial charge < -0.3 is 4.98 Å². The molecule has 66 valence electrons. The van der Waals surface area contributed by atoms with Gasteiger partial charge in [0.2, 0.25) is 0 Å². The second-order valence-electron chi connectivity index (χ2n) is 2.95. The Morgan fingerprint density at radius 1 is 1.08 bits per heavy atom. The van der Waals surface area contributed by atoms with Gasteiger partial charge in [0.05, 0.1) is 10.0 Å². The average molecular weight is 209 g/mol. The Balaban J connectivity index is 2.56. The highest BCUT2D eigenvalue weighted by Crippen LogP contribution is 2.32. The lowest BCUT2D eigenvalue weighted by Gasteiger charge is -1.74. The van der Waals surface area contributed by atoms with E-state index in [1.165, 1.54) is 4.70 Å². The van der Waals surface area contributed by atoms with E-state index in [0.29, 0.717) is 0 Å². The van der Waals surface area contributed by atoms with Crippen molar-refractivity contribution in [2.24, 2.45) is 0 Å². The van der Waals surface area contributed by atoms with E-state index in [4.69, 9.17) is 0 Å². The molecule has 0 aliphatic carbocycles. The van der Waals surface area contributed by atoms with Gasteiger partial charge in [-0.2, -0.15) is 0 Å². The first-order chi connectivity index (χ1) is 6.24. The van der Waals surface area contributed by atoms with Crippen molar-refractivity contribution in [3.05, 3.63) is 10.0 Å². The highest BCUT2D eigenvalue weighted by atomic mass is 32.1. The number of rotatable bonds is 0. The minimum atomic E-state index is 0.983. The van der Waals surface area contributed by atoms with Crippen LogP contribution in [0.2, 0.25) is 0 Å². The lowest BCUT2D eigenvalue weighted by atomic mass is 10.5. The molecule has 3 aromatic heterocycles. The Labute approximate surface area is 82.5 Å². The fourth-order valence-corrected chi connectivity index (χ4v) is 3.20. The molecule has 3 nitrogen and oxygen atoms in total. The Kier molecular flexibility index (Phi) is 1.32. The summed E-state index contributed by atoms with van der Waals surface area (Å²) >= 11 is 3.39. The number of thiazole rings is 2. The first-order valence-electron chi connectivity index (χ1n) is 3.96. The third kappa shape index (κ3) is 0.941. The summed E-state index contributed by atoms with van der Waals surface area (Å²) in [6, 6.07) is 0. The van der Waals surface area contributed by atoms with Crippen molar-refractivity contribution in [2.45, 2.75) is 13.8 Å². The summed E-state index contributed by atoms with van der Waals surface area (Å²) in [4.78, 5) is 13.3. The van der Waals surface area contributed by atoms with E-state index in [-0.39, 0.29) is 0 Å². The van der Waals surface area contributed by atoms with Crippen molar-refractivity contribution in [1.82, 2.24) is 15.0 Å².